The van der Waals surface area contributed by atoms with Gasteiger partial charge >= 0.3 is 12.1 Å². The molecule has 0 fully saturated rings. The normalized spacial score (nSPS) is 12.5. The quantitative estimate of drug-likeness (QED) is 0.481. The van der Waals surface area contributed by atoms with Crippen LogP contribution < -0.4 is 0 Å². The second kappa shape index (κ2) is 6.64. The third kappa shape index (κ3) is 4.18. The number of carbonyl (C=O) groups is 2. The lowest BCUT2D eigenvalue weighted by Crippen LogP contribution is -2.19. The van der Waals surface area contributed by atoms with Crippen molar-refractivity contribution in [3.63, 3.8) is 0 Å². The molecule has 0 heterocycles. The Kier molecular flexibility index (Phi) is 4.83. The van der Waals surface area contributed by atoms with E-state index in [2.05, 4.69) is 0 Å². The number of benzene rings is 2. The lowest BCUT2D eigenvalue weighted by molar-refractivity contribution is -0.142. The fraction of sp³-hybridized carbons (Fsp3) is 0.176. The molecule has 120 valence electrons. The zero-order valence-corrected chi connectivity index (χ0v) is 12.1. The first kappa shape index (κ1) is 16.7. The predicted molar refractivity (Wildman–Crippen MR) is 76.7 cm³/mol. The van der Waals surface area contributed by atoms with E-state index in [1.54, 1.807) is 37.3 Å². The van der Waals surface area contributed by atoms with Crippen LogP contribution in [0, 0.1) is 0 Å². The maximum atomic E-state index is 12.5. The van der Waals surface area contributed by atoms with Crippen molar-refractivity contribution in [2.45, 2.75) is 19.2 Å². The lowest BCUT2D eigenvalue weighted by atomic mass is 10.1. The van der Waals surface area contributed by atoms with Gasteiger partial charge in [0, 0.05) is 5.56 Å². The van der Waals surface area contributed by atoms with Crippen LogP contribution in [0.2, 0.25) is 0 Å². The van der Waals surface area contributed by atoms with Gasteiger partial charge in [0.15, 0.2) is 0 Å². The number of carbonyl (C=O) groups excluding carboxylic acids is 2. The molecule has 0 radical (unpaired) electrons. The van der Waals surface area contributed by atoms with E-state index in [1.807, 2.05) is 0 Å². The number of rotatable bonds is 4. The largest absolute Gasteiger partial charge is 0.452 e. The fourth-order valence-electron chi connectivity index (χ4n) is 1.93. The summed E-state index contributed by atoms with van der Waals surface area (Å²) in [4.78, 5) is 23.7. The maximum absolute atomic E-state index is 12.5. The number of ketones is 1. The summed E-state index contributed by atoms with van der Waals surface area (Å²) >= 11 is 0. The van der Waals surface area contributed by atoms with Crippen LogP contribution in [-0.4, -0.2) is 11.8 Å². The molecule has 0 aromatic heterocycles. The van der Waals surface area contributed by atoms with Crippen molar-refractivity contribution in [2.75, 3.05) is 0 Å². The van der Waals surface area contributed by atoms with Gasteiger partial charge in [0.2, 0.25) is 0 Å². The minimum absolute atomic E-state index is 0.150. The van der Waals surface area contributed by atoms with E-state index in [0.717, 1.165) is 24.3 Å². The molecule has 23 heavy (non-hydrogen) atoms. The summed E-state index contributed by atoms with van der Waals surface area (Å²) < 4.78 is 42.4. The van der Waals surface area contributed by atoms with Gasteiger partial charge in [0.25, 0.3) is 5.78 Å². The number of hydrogen-bond acceptors (Lipinski definition) is 3. The Morgan fingerprint density at radius 1 is 0.957 bits per heavy atom. The van der Waals surface area contributed by atoms with Crippen molar-refractivity contribution in [1.29, 1.82) is 0 Å². The third-order valence-electron chi connectivity index (χ3n) is 3.21. The zero-order valence-electron chi connectivity index (χ0n) is 12.1. The lowest BCUT2D eigenvalue weighted by Gasteiger charge is -2.13. The van der Waals surface area contributed by atoms with E-state index in [-0.39, 0.29) is 5.56 Å². The molecule has 0 saturated heterocycles. The summed E-state index contributed by atoms with van der Waals surface area (Å²) in [5.74, 6) is -2.09. The first-order valence-corrected chi connectivity index (χ1v) is 6.76. The summed E-state index contributed by atoms with van der Waals surface area (Å²) in [7, 11) is 0. The van der Waals surface area contributed by atoms with Crippen LogP contribution in [0.4, 0.5) is 13.2 Å². The van der Waals surface area contributed by atoms with Crippen LogP contribution >= 0.6 is 0 Å². The van der Waals surface area contributed by atoms with Crippen LogP contribution in [0.15, 0.2) is 54.6 Å². The minimum Gasteiger partial charge on any atom is -0.452 e. The van der Waals surface area contributed by atoms with E-state index >= 15 is 0 Å². The highest BCUT2D eigenvalue weighted by Gasteiger charge is 2.30. The Bertz CT molecular complexity index is 691. The number of hydrogen-bond donors (Lipinski definition) is 0. The molecule has 1 atom stereocenters. The molecule has 2 aromatic carbocycles. The summed E-state index contributed by atoms with van der Waals surface area (Å²) in [6.45, 7) is 1.60. The van der Waals surface area contributed by atoms with Gasteiger partial charge in [-0.25, -0.2) is 4.79 Å². The molecule has 0 amide bonds. The molecule has 0 spiro atoms. The molecule has 0 aliphatic heterocycles. The van der Waals surface area contributed by atoms with Crippen LogP contribution in [-0.2, 0) is 15.7 Å². The van der Waals surface area contributed by atoms with Gasteiger partial charge in [-0.3, -0.25) is 4.79 Å². The molecular formula is C17H13F3O3. The van der Waals surface area contributed by atoms with Crippen LogP contribution in [0.3, 0.4) is 0 Å². The Labute approximate surface area is 130 Å². The van der Waals surface area contributed by atoms with Gasteiger partial charge in [0.05, 0.1) is 5.56 Å². The number of halogens is 3. The molecule has 0 N–H and O–H groups in total. The minimum atomic E-state index is -4.50. The Balaban J connectivity index is 2.06. The van der Waals surface area contributed by atoms with Crippen molar-refractivity contribution < 1.29 is 27.5 Å². The molecule has 0 bridgehead atoms. The smallest absolute Gasteiger partial charge is 0.416 e. The average Bonchev–Trinajstić information content (AvgIpc) is 2.54. The van der Waals surface area contributed by atoms with Gasteiger partial charge < -0.3 is 4.74 Å². The topological polar surface area (TPSA) is 43.4 Å². The highest BCUT2D eigenvalue weighted by Crippen LogP contribution is 2.29. The first-order valence-electron chi connectivity index (χ1n) is 6.76. The van der Waals surface area contributed by atoms with E-state index in [9.17, 15) is 22.8 Å². The first-order chi connectivity index (χ1) is 10.8. The SMILES string of the molecule is CC(OC(=O)C(=O)c1ccc(C(F)(F)F)cc1)c1ccccc1. The van der Waals surface area contributed by atoms with Gasteiger partial charge in [-0.05, 0) is 24.6 Å². The summed E-state index contributed by atoms with van der Waals surface area (Å²) in [6, 6.07) is 12.2. The molecule has 0 aliphatic rings. The van der Waals surface area contributed by atoms with Gasteiger partial charge in [-0.1, -0.05) is 42.5 Å². The monoisotopic (exact) mass is 322 g/mol. The van der Waals surface area contributed by atoms with Gasteiger partial charge in [-0.15, -0.1) is 0 Å². The summed E-state index contributed by atoms with van der Waals surface area (Å²) in [5.41, 5.74) is -0.329. The van der Waals surface area contributed by atoms with Crippen molar-refractivity contribution in [3.05, 3.63) is 71.3 Å². The number of Topliss-reactive ketones (excluding diaryl/α,β-unsaturated/α-hetero) is 1. The van der Waals surface area contributed by atoms with E-state index < -0.39 is 29.6 Å². The molecule has 0 aliphatic carbocycles. The highest BCUT2D eigenvalue weighted by atomic mass is 19.4. The second-order valence-electron chi connectivity index (χ2n) is 4.86. The van der Waals surface area contributed by atoms with Crippen molar-refractivity contribution in [1.82, 2.24) is 0 Å². The number of esters is 1. The van der Waals surface area contributed by atoms with E-state index in [0.29, 0.717) is 5.56 Å². The zero-order chi connectivity index (χ0) is 17.0. The summed E-state index contributed by atoms with van der Waals surface area (Å²) in [5, 5.41) is 0. The molecular weight excluding hydrogens is 309 g/mol. The fourth-order valence-corrected chi connectivity index (χ4v) is 1.93. The average molecular weight is 322 g/mol. The molecule has 3 nitrogen and oxygen atoms in total. The third-order valence-corrected chi connectivity index (χ3v) is 3.21. The van der Waals surface area contributed by atoms with Gasteiger partial charge in [0.1, 0.15) is 6.10 Å². The number of alkyl halides is 3. The standard InChI is InChI=1S/C17H13F3O3/c1-11(12-5-3-2-4-6-12)23-16(22)15(21)13-7-9-14(10-8-13)17(18,19)20/h2-11H,1H3. The molecule has 0 saturated carbocycles. The molecule has 6 heteroatoms. The second-order valence-corrected chi connectivity index (χ2v) is 4.86. The van der Waals surface area contributed by atoms with Crippen LogP contribution in [0.1, 0.15) is 34.5 Å². The van der Waals surface area contributed by atoms with E-state index in [4.69, 9.17) is 4.74 Å². The number of ether oxygens (including phenoxy) is 1. The van der Waals surface area contributed by atoms with Gasteiger partial charge in [-0.2, -0.15) is 13.2 Å². The molecule has 2 aromatic rings. The van der Waals surface area contributed by atoms with Crippen LogP contribution in [0.25, 0.3) is 0 Å². The Morgan fingerprint density at radius 2 is 1.52 bits per heavy atom. The Morgan fingerprint density at radius 3 is 2.04 bits per heavy atom. The van der Waals surface area contributed by atoms with Crippen molar-refractivity contribution >= 4 is 11.8 Å². The highest BCUT2D eigenvalue weighted by molar-refractivity contribution is 6.40. The maximum Gasteiger partial charge on any atom is 0.416 e. The summed E-state index contributed by atoms with van der Waals surface area (Å²) in [6.07, 6.45) is -5.13. The van der Waals surface area contributed by atoms with Crippen molar-refractivity contribution in [3.8, 4) is 0 Å². The van der Waals surface area contributed by atoms with Crippen LogP contribution in [0.5, 0.6) is 0 Å². The Hall–Kier alpha value is -2.63. The molecule has 2 rings (SSSR count). The van der Waals surface area contributed by atoms with Crippen molar-refractivity contribution in [2.24, 2.45) is 0 Å². The molecule has 1 unspecified atom stereocenters. The van der Waals surface area contributed by atoms with E-state index in [1.165, 1.54) is 0 Å². The predicted octanol–water partition coefficient (Wildman–Crippen LogP) is 4.19.